The lowest BCUT2D eigenvalue weighted by Gasteiger charge is -2.01. The SMILES string of the molecule is CCOC(=O)c1oc(-c2ccc(F)cc2C)nc1C. The zero-order chi connectivity index (χ0) is 14.0. The van der Waals surface area contributed by atoms with Gasteiger partial charge in [-0.3, -0.25) is 0 Å². The van der Waals surface area contributed by atoms with Gasteiger partial charge in [-0.25, -0.2) is 14.2 Å². The van der Waals surface area contributed by atoms with E-state index in [2.05, 4.69) is 4.98 Å². The summed E-state index contributed by atoms with van der Waals surface area (Å²) >= 11 is 0. The predicted octanol–water partition coefficient (Wildman–Crippen LogP) is 3.27. The van der Waals surface area contributed by atoms with E-state index in [1.165, 1.54) is 12.1 Å². The molecule has 0 aliphatic rings. The molecule has 0 saturated heterocycles. The van der Waals surface area contributed by atoms with Crippen LogP contribution >= 0.6 is 0 Å². The van der Waals surface area contributed by atoms with Crippen LogP contribution in [0.1, 0.15) is 28.7 Å². The first kappa shape index (κ1) is 13.3. The minimum Gasteiger partial charge on any atom is -0.460 e. The van der Waals surface area contributed by atoms with Crippen molar-refractivity contribution >= 4 is 5.97 Å². The zero-order valence-electron chi connectivity index (χ0n) is 11.0. The third kappa shape index (κ3) is 2.65. The van der Waals surface area contributed by atoms with E-state index in [9.17, 15) is 9.18 Å². The van der Waals surface area contributed by atoms with Gasteiger partial charge in [-0.15, -0.1) is 0 Å². The first-order chi connectivity index (χ1) is 9.02. The van der Waals surface area contributed by atoms with Crippen molar-refractivity contribution in [2.24, 2.45) is 0 Å². The molecule has 100 valence electrons. The Labute approximate surface area is 110 Å². The molecule has 0 aliphatic heterocycles. The number of hydrogen-bond donors (Lipinski definition) is 0. The van der Waals surface area contributed by atoms with E-state index in [0.717, 1.165) is 0 Å². The van der Waals surface area contributed by atoms with Crippen LogP contribution in [0.4, 0.5) is 4.39 Å². The van der Waals surface area contributed by atoms with Gasteiger partial charge in [0, 0.05) is 5.56 Å². The summed E-state index contributed by atoms with van der Waals surface area (Å²) in [6.07, 6.45) is 0. The normalized spacial score (nSPS) is 10.5. The summed E-state index contributed by atoms with van der Waals surface area (Å²) in [6, 6.07) is 4.29. The molecule has 0 aliphatic carbocycles. The molecule has 1 heterocycles. The molecule has 0 bridgehead atoms. The Bertz CT molecular complexity index is 619. The Morgan fingerprint density at radius 2 is 2.16 bits per heavy atom. The number of rotatable bonds is 3. The van der Waals surface area contributed by atoms with Crippen molar-refractivity contribution in [3.05, 3.63) is 41.0 Å². The fraction of sp³-hybridized carbons (Fsp3) is 0.286. The molecule has 0 spiro atoms. The standard InChI is InChI=1S/C14H14FNO3/c1-4-18-14(17)12-9(3)16-13(19-12)11-6-5-10(15)7-8(11)2/h5-7H,4H2,1-3H3. The van der Waals surface area contributed by atoms with Gasteiger partial charge in [-0.05, 0) is 44.5 Å². The maximum absolute atomic E-state index is 13.1. The quantitative estimate of drug-likeness (QED) is 0.797. The summed E-state index contributed by atoms with van der Waals surface area (Å²) in [5.74, 6) is -0.493. The molecule has 5 heteroatoms. The second-order valence-corrected chi connectivity index (χ2v) is 4.11. The van der Waals surface area contributed by atoms with Crippen molar-refractivity contribution in [2.45, 2.75) is 20.8 Å². The van der Waals surface area contributed by atoms with E-state index in [1.54, 1.807) is 26.8 Å². The van der Waals surface area contributed by atoms with Crippen molar-refractivity contribution in [3.8, 4) is 11.5 Å². The fourth-order valence-electron chi connectivity index (χ4n) is 1.76. The van der Waals surface area contributed by atoms with Gasteiger partial charge in [-0.2, -0.15) is 0 Å². The molecule has 0 fully saturated rings. The molecule has 4 nitrogen and oxygen atoms in total. The van der Waals surface area contributed by atoms with Crippen LogP contribution in [0, 0.1) is 19.7 Å². The fourth-order valence-corrected chi connectivity index (χ4v) is 1.76. The smallest absolute Gasteiger partial charge is 0.376 e. The Morgan fingerprint density at radius 3 is 2.79 bits per heavy atom. The summed E-state index contributed by atoms with van der Waals surface area (Å²) < 4.78 is 23.4. The minimum atomic E-state index is -0.543. The predicted molar refractivity (Wildman–Crippen MR) is 67.3 cm³/mol. The van der Waals surface area contributed by atoms with Gasteiger partial charge >= 0.3 is 5.97 Å². The number of esters is 1. The molecule has 1 aromatic heterocycles. The van der Waals surface area contributed by atoms with Crippen molar-refractivity contribution < 1.29 is 18.3 Å². The number of ether oxygens (including phenoxy) is 1. The first-order valence-electron chi connectivity index (χ1n) is 5.94. The highest BCUT2D eigenvalue weighted by molar-refractivity contribution is 5.88. The number of halogens is 1. The molecule has 0 unspecified atom stereocenters. The lowest BCUT2D eigenvalue weighted by Crippen LogP contribution is -2.04. The van der Waals surface area contributed by atoms with Crippen LogP contribution in [0.2, 0.25) is 0 Å². The number of nitrogens with zero attached hydrogens (tertiary/aromatic N) is 1. The van der Waals surface area contributed by atoms with Crippen LogP contribution in [-0.4, -0.2) is 17.6 Å². The Hall–Kier alpha value is -2.17. The summed E-state index contributed by atoms with van der Waals surface area (Å²) in [5, 5.41) is 0. The minimum absolute atomic E-state index is 0.0839. The van der Waals surface area contributed by atoms with Crippen molar-refractivity contribution in [1.82, 2.24) is 4.98 Å². The number of aryl methyl sites for hydroxylation is 2. The summed E-state index contributed by atoms with van der Waals surface area (Å²) in [5.41, 5.74) is 1.80. The van der Waals surface area contributed by atoms with Crippen molar-refractivity contribution in [2.75, 3.05) is 6.61 Å². The molecule has 1 aromatic carbocycles. The number of hydrogen-bond acceptors (Lipinski definition) is 4. The van der Waals surface area contributed by atoms with E-state index in [-0.39, 0.29) is 24.1 Å². The highest BCUT2D eigenvalue weighted by atomic mass is 19.1. The average Bonchev–Trinajstić information content (AvgIpc) is 2.71. The summed E-state index contributed by atoms with van der Waals surface area (Å²) in [4.78, 5) is 15.8. The summed E-state index contributed by atoms with van der Waals surface area (Å²) in [6.45, 7) is 5.40. The lowest BCUT2D eigenvalue weighted by molar-refractivity contribution is 0.0490. The lowest BCUT2D eigenvalue weighted by atomic mass is 10.1. The highest BCUT2D eigenvalue weighted by Crippen LogP contribution is 2.25. The van der Waals surface area contributed by atoms with E-state index in [1.807, 2.05) is 0 Å². The molecule has 0 N–H and O–H groups in total. The molecule has 19 heavy (non-hydrogen) atoms. The largest absolute Gasteiger partial charge is 0.460 e. The monoisotopic (exact) mass is 263 g/mol. The molecule has 2 aromatic rings. The maximum Gasteiger partial charge on any atom is 0.376 e. The third-order valence-corrected chi connectivity index (χ3v) is 2.68. The number of benzene rings is 1. The van der Waals surface area contributed by atoms with E-state index in [4.69, 9.17) is 9.15 Å². The van der Waals surface area contributed by atoms with Gasteiger partial charge < -0.3 is 9.15 Å². The van der Waals surface area contributed by atoms with Crippen LogP contribution in [0.15, 0.2) is 22.6 Å². The third-order valence-electron chi connectivity index (χ3n) is 2.68. The van der Waals surface area contributed by atoms with E-state index in [0.29, 0.717) is 16.8 Å². The van der Waals surface area contributed by atoms with Gasteiger partial charge in [0.1, 0.15) is 5.82 Å². The van der Waals surface area contributed by atoms with Crippen LogP contribution in [-0.2, 0) is 4.74 Å². The molecule has 0 amide bonds. The van der Waals surface area contributed by atoms with Crippen molar-refractivity contribution in [1.29, 1.82) is 0 Å². The van der Waals surface area contributed by atoms with Crippen molar-refractivity contribution in [3.63, 3.8) is 0 Å². The second-order valence-electron chi connectivity index (χ2n) is 4.11. The van der Waals surface area contributed by atoms with Gasteiger partial charge in [0.05, 0.1) is 12.3 Å². The van der Waals surface area contributed by atoms with E-state index >= 15 is 0 Å². The summed E-state index contributed by atoms with van der Waals surface area (Å²) in [7, 11) is 0. The molecule has 0 saturated carbocycles. The second kappa shape index (κ2) is 5.22. The molecule has 0 atom stereocenters. The topological polar surface area (TPSA) is 52.3 Å². The highest BCUT2D eigenvalue weighted by Gasteiger charge is 2.20. The van der Waals surface area contributed by atoms with Crippen LogP contribution in [0.25, 0.3) is 11.5 Å². The van der Waals surface area contributed by atoms with Crippen LogP contribution in [0.5, 0.6) is 0 Å². The van der Waals surface area contributed by atoms with Gasteiger partial charge in [0.15, 0.2) is 0 Å². The number of aromatic nitrogens is 1. The van der Waals surface area contributed by atoms with Crippen LogP contribution in [0.3, 0.4) is 0 Å². The zero-order valence-corrected chi connectivity index (χ0v) is 11.0. The van der Waals surface area contributed by atoms with Crippen LogP contribution < -0.4 is 0 Å². The Balaban J connectivity index is 2.42. The maximum atomic E-state index is 13.1. The number of carbonyl (C=O) groups excluding carboxylic acids is 1. The van der Waals surface area contributed by atoms with Gasteiger partial charge in [-0.1, -0.05) is 0 Å². The van der Waals surface area contributed by atoms with Gasteiger partial charge in [0.2, 0.25) is 11.7 Å². The molecular weight excluding hydrogens is 249 g/mol. The first-order valence-corrected chi connectivity index (χ1v) is 5.94. The average molecular weight is 263 g/mol. The number of carbonyl (C=O) groups is 1. The Kier molecular flexibility index (Phi) is 3.64. The molecular formula is C14H14FNO3. The van der Waals surface area contributed by atoms with Gasteiger partial charge in [0.25, 0.3) is 0 Å². The van der Waals surface area contributed by atoms with E-state index < -0.39 is 5.97 Å². The Morgan fingerprint density at radius 1 is 1.42 bits per heavy atom. The number of oxazole rings is 1. The molecule has 0 radical (unpaired) electrons. The molecule has 2 rings (SSSR count).